The van der Waals surface area contributed by atoms with E-state index in [4.69, 9.17) is 0 Å². The summed E-state index contributed by atoms with van der Waals surface area (Å²) in [6.45, 7) is 4.37. The molecule has 1 aromatic heterocycles. The number of nitrogens with zero attached hydrogens (tertiary/aromatic N) is 3. The van der Waals surface area contributed by atoms with E-state index in [2.05, 4.69) is 29.5 Å². The van der Waals surface area contributed by atoms with Crippen LogP contribution in [0.15, 0.2) is 35.5 Å². The predicted octanol–water partition coefficient (Wildman–Crippen LogP) is 2.37. The van der Waals surface area contributed by atoms with E-state index in [1.54, 1.807) is 11.8 Å². The number of thioether (sulfide) groups is 1. The van der Waals surface area contributed by atoms with Gasteiger partial charge in [-0.1, -0.05) is 49.0 Å². The molecule has 0 aliphatic carbocycles. The fourth-order valence-corrected chi connectivity index (χ4v) is 2.74. The maximum atomic E-state index is 4.27. The van der Waals surface area contributed by atoms with Gasteiger partial charge in [0.1, 0.15) is 0 Å². The Balaban J connectivity index is 2.04. The zero-order chi connectivity index (χ0) is 11.8. The SMILES string of the molecule is CC1Nn2c(nnc2-c2ccccc2)SC1C. The zero-order valence-electron chi connectivity index (χ0n) is 9.79. The first-order valence-electron chi connectivity index (χ1n) is 5.70. The Hall–Kier alpha value is -1.49. The summed E-state index contributed by atoms with van der Waals surface area (Å²) in [5, 5.41) is 9.95. The molecular weight excluding hydrogens is 232 g/mol. The van der Waals surface area contributed by atoms with Crippen LogP contribution in [0.3, 0.4) is 0 Å². The van der Waals surface area contributed by atoms with Crippen LogP contribution in [0.5, 0.6) is 0 Å². The van der Waals surface area contributed by atoms with E-state index >= 15 is 0 Å². The monoisotopic (exact) mass is 246 g/mol. The lowest BCUT2D eigenvalue weighted by molar-refractivity contribution is 0.618. The van der Waals surface area contributed by atoms with Gasteiger partial charge < -0.3 is 5.43 Å². The summed E-state index contributed by atoms with van der Waals surface area (Å²) in [4.78, 5) is 0. The lowest BCUT2D eigenvalue weighted by atomic mass is 10.2. The number of hydrogen-bond acceptors (Lipinski definition) is 4. The van der Waals surface area contributed by atoms with E-state index < -0.39 is 0 Å². The van der Waals surface area contributed by atoms with Gasteiger partial charge in [0.2, 0.25) is 5.16 Å². The van der Waals surface area contributed by atoms with E-state index in [9.17, 15) is 0 Å². The molecule has 1 aliphatic heterocycles. The topological polar surface area (TPSA) is 42.7 Å². The second-order valence-corrected chi connectivity index (χ2v) is 5.59. The van der Waals surface area contributed by atoms with Crippen LogP contribution in [-0.2, 0) is 0 Å². The molecule has 2 aromatic rings. The molecule has 0 fully saturated rings. The molecule has 0 bridgehead atoms. The van der Waals surface area contributed by atoms with Crippen molar-refractivity contribution in [1.29, 1.82) is 0 Å². The minimum absolute atomic E-state index is 0.408. The molecular formula is C12H14N4S. The number of hydrogen-bond donors (Lipinski definition) is 1. The normalized spacial score (nSPS) is 22.9. The lowest BCUT2D eigenvalue weighted by Gasteiger charge is -2.28. The molecule has 1 N–H and O–H groups in total. The van der Waals surface area contributed by atoms with Gasteiger partial charge in [-0.15, -0.1) is 10.2 Å². The van der Waals surface area contributed by atoms with Crippen LogP contribution in [0.25, 0.3) is 11.4 Å². The number of nitrogens with one attached hydrogen (secondary N) is 1. The molecule has 2 atom stereocenters. The molecule has 0 spiro atoms. The van der Waals surface area contributed by atoms with Crippen molar-refractivity contribution in [2.24, 2.45) is 0 Å². The Kier molecular flexibility index (Phi) is 2.55. The zero-order valence-corrected chi connectivity index (χ0v) is 10.6. The van der Waals surface area contributed by atoms with Crippen LogP contribution in [-0.4, -0.2) is 26.2 Å². The Morgan fingerprint density at radius 1 is 1.18 bits per heavy atom. The van der Waals surface area contributed by atoms with Crippen LogP contribution in [0.1, 0.15) is 13.8 Å². The lowest BCUT2D eigenvalue weighted by Crippen LogP contribution is -2.37. The molecule has 2 heterocycles. The van der Waals surface area contributed by atoms with Gasteiger partial charge in [0.05, 0.1) is 6.04 Å². The standard InChI is InChI=1S/C12H14N4S/c1-8-9(2)17-12-14-13-11(16(12)15-8)10-6-4-3-5-7-10/h3-9,15H,1-2H3. The second kappa shape index (κ2) is 4.07. The number of rotatable bonds is 1. The smallest absolute Gasteiger partial charge is 0.210 e. The highest BCUT2D eigenvalue weighted by atomic mass is 32.2. The maximum Gasteiger partial charge on any atom is 0.210 e. The van der Waals surface area contributed by atoms with Crippen molar-refractivity contribution in [1.82, 2.24) is 14.9 Å². The summed E-state index contributed by atoms with van der Waals surface area (Å²) in [5.41, 5.74) is 4.51. The third kappa shape index (κ3) is 1.80. The largest absolute Gasteiger partial charge is 0.318 e. The van der Waals surface area contributed by atoms with Crippen LogP contribution in [0, 0.1) is 0 Å². The van der Waals surface area contributed by atoms with Crippen LogP contribution < -0.4 is 5.43 Å². The van der Waals surface area contributed by atoms with Crippen molar-refractivity contribution >= 4 is 11.8 Å². The summed E-state index contributed by atoms with van der Waals surface area (Å²) >= 11 is 1.76. The molecule has 5 heteroatoms. The van der Waals surface area contributed by atoms with Gasteiger partial charge in [0, 0.05) is 10.8 Å². The Bertz CT molecular complexity index is 523. The quantitative estimate of drug-likeness (QED) is 0.839. The average Bonchev–Trinajstić information content (AvgIpc) is 2.74. The summed E-state index contributed by atoms with van der Waals surface area (Å²) in [5.74, 6) is 0.881. The van der Waals surface area contributed by atoms with Gasteiger partial charge in [-0.25, -0.2) is 4.68 Å². The van der Waals surface area contributed by atoms with Gasteiger partial charge in [-0.2, -0.15) is 0 Å². The van der Waals surface area contributed by atoms with Gasteiger partial charge in [0.25, 0.3) is 0 Å². The van der Waals surface area contributed by atoms with Gasteiger partial charge >= 0.3 is 0 Å². The summed E-state index contributed by atoms with van der Waals surface area (Å²) in [6.07, 6.45) is 0. The van der Waals surface area contributed by atoms with Crippen LogP contribution in [0.2, 0.25) is 0 Å². The molecule has 1 aromatic carbocycles. The minimum Gasteiger partial charge on any atom is -0.318 e. The van der Waals surface area contributed by atoms with Crippen LogP contribution in [0.4, 0.5) is 0 Å². The highest BCUT2D eigenvalue weighted by Crippen LogP contribution is 2.31. The van der Waals surface area contributed by atoms with Crippen molar-refractivity contribution in [3.8, 4) is 11.4 Å². The van der Waals surface area contributed by atoms with Crippen molar-refractivity contribution in [3.05, 3.63) is 30.3 Å². The van der Waals surface area contributed by atoms with Crippen molar-refractivity contribution in [3.63, 3.8) is 0 Å². The fourth-order valence-electron chi connectivity index (χ4n) is 1.81. The van der Waals surface area contributed by atoms with Gasteiger partial charge in [-0.05, 0) is 6.92 Å². The predicted molar refractivity (Wildman–Crippen MR) is 69.6 cm³/mol. The Morgan fingerprint density at radius 2 is 1.94 bits per heavy atom. The number of benzene rings is 1. The second-order valence-electron chi connectivity index (χ2n) is 4.25. The van der Waals surface area contributed by atoms with E-state index in [0.29, 0.717) is 11.3 Å². The molecule has 2 unspecified atom stereocenters. The molecule has 3 rings (SSSR count). The Morgan fingerprint density at radius 3 is 2.71 bits per heavy atom. The highest BCUT2D eigenvalue weighted by molar-refractivity contribution is 7.99. The maximum absolute atomic E-state index is 4.27. The van der Waals surface area contributed by atoms with E-state index in [-0.39, 0.29) is 0 Å². The molecule has 0 saturated heterocycles. The highest BCUT2D eigenvalue weighted by Gasteiger charge is 2.26. The number of fused-ring (bicyclic) bond motifs is 1. The first kappa shape index (κ1) is 10.7. The van der Waals surface area contributed by atoms with Gasteiger partial charge in [0.15, 0.2) is 5.82 Å². The molecule has 88 valence electrons. The van der Waals surface area contributed by atoms with Crippen molar-refractivity contribution < 1.29 is 0 Å². The van der Waals surface area contributed by atoms with Gasteiger partial charge in [-0.3, -0.25) is 0 Å². The first-order valence-corrected chi connectivity index (χ1v) is 6.57. The van der Waals surface area contributed by atoms with Crippen molar-refractivity contribution in [2.75, 3.05) is 5.43 Å². The molecule has 0 radical (unpaired) electrons. The number of aromatic nitrogens is 3. The molecule has 0 saturated carbocycles. The summed E-state index contributed by atoms with van der Waals surface area (Å²) < 4.78 is 1.99. The third-order valence-electron chi connectivity index (χ3n) is 2.99. The first-order chi connectivity index (χ1) is 8.25. The molecule has 1 aliphatic rings. The fraction of sp³-hybridized carbons (Fsp3) is 0.333. The summed E-state index contributed by atoms with van der Waals surface area (Å²) in [6, 6.07) is 10.5. The van der Waals surface area contributed by atoms with E-state index in [0.717, 1.165) is 16.5 Å². The Labute approximate surface area is 104 Å². The third-order valence-corrected chi connectivity index (χ3v) is 4.25. The average molecular weight is 246 g/mol. The minimum atomic E-state index is 0.408. The summed E-state index contributed by atoms with van der Waals surface area (Å²) in [7, 11) is 0. The molecule has 17 heavy (non-hydrogen) atoms. The van der Waals surface area contributed by atoms with E-state index in [1.807, 2.05) is 35.0 Å². The molecule has 0 amide bonds. The molecule has 4 nitrogen and oxygen atoms in total. The van der Waals surface area contributed by atoms with E-state index in [1.165, 1.54) is 0 Å². The van der Waals surface area contributed by atoms with Crippen LogP contribution >= 0.6 is 11.8 Å². The van der Waals surface area contributed by atoms with Crippen molar-refractivity contribution in [2.45, 2.75) is 30.3 Å².